The Hall–Kier alpha value is -2.43. The molecule has 0 aliphatic carbocycles. The van der Waals surface area contributed by atoms with Gasteiger partial charge in [0.25, 0.3) is 0 Å². The van der Waals surface area contributed by atoms with Crippen LogP contribution in [-0.4, -0.2) is 27.2 Å². The number of aryl methyl sites for hydroxylation is 2. The van der Waals surface area contributed by atoms with Gasteiger partial charge < -0.3 is 5.32 Å². The second-order valence-electron chi connectivity index (χ2n) is 4.55. The highest BCUT2D eigenvalue weighted by atomic mass is 16.2. The molecule has 0 spiro atoms. The van der Waals surface area contributed by atoms with Crippen LogP contribution in [0.5, 0.6) is 0 Å². The van der Waals surface area contributed by atoms with Gasteiger partial charge in [0.05, 0.1) is 0 Å². The van der Waals surface area contributed by atoms with Crippen LogP contribution in [0.4, 0.5) is 0 Å². The molecule has 0 bridgehead atoms. The zero-order valence-corrected chi connectivity index (χ0v) is 11.8. The van der Waals surface area contributed by atoms with Crippen LogP contribution in [-0.2, 0) is 11.3 Å². The second kappa shape index (κ2) is 6.14. The highest BCUT2D eigenvalue weighted by Crippen LogP contribution is 2.21. The summed E-state index contributed by atoms with van der Waals surface area (Å²) < 4.78 is 1.64. The van der Waals surface area contributed by atoms with Crippen molar-refractivity contribution >= 4 is 5.91 Å². The first-order chi connectivity index (χ1) is 9.61. The summed E-state index contributed by atoms with van der Waals surface area (Å²) in [7, 11) is 0. The minimum absolute atomic E-state index is 0.107. The first kappa shape index (κ1) is 14.0. The van der Waals surface area contributed by atoms with Crippen LogP contribution < -0.4 is 5.32 Å². The number of rotatable bonds is 5. The molecular formula is C15H18N4O. The molecule has 0 radical (unpaired) electrons. The first-order valence-corrected chi connectivity index (χ1v) is 6.47. The molecule has 1 aromatic heterocycles. The van der Waals surface area contributed by atoms with E-state index in [1.807, 2.05) is 38.1 Å². The quantitative estimate of drug-likeness (QED) is 0.844. The Morgan fingerprint density at radius 3 is 2.85 bits per heavy atom. The fourth-order valence-corrected chi connectivity index (χ4v) is 1.97. The summed E-state index contributed by atoms with van der Waals surface area (Å²) in [6.45, 7) is 8.01. The monoisotopic (exact) mass is 270 g/mol. The minimum atomic E-state index is -0.107. The number of hydrogen-bond donors (Lipinski definition) is 1. The Bertz CT molecular complexity index is 631. The Morgan fingerprint density at radius 1 is 1.40 bits per heavy atom. The molecule has 0 saturated carbocycles. The molecular weight excluding hydrogens is 252 g/mol. The summed E-state index contributed by atoms with van der Waals surface area (Å²) in [5.74, 6) is 1.26. The van der Waals surface area contributed by atoms with Crippen LogP contribution in [0.1, 0.15) is 11.4 Å². The summed E-state index contributed by atoms with van der Waals surface area (Å²) in [6, 6.07) is 7.93. The third-order valence-corrected chi connectivity index (χ3v) is 2.90. The van der Waals surface area contributed by atoms with E-state index in [0.717, 1.165) is 11.1 Å². The van der Waals surface area contributed by atoms with E-state index in [1.165, 1.54) is 0 Å². The number of nitrogens with zero attached hydrogens (tertiary/aromatic N) is 3. The lowest BCUT2D eigenvalue weighted by atomic mass is 10.1. The molecule has 1 heterocycles. The lowest BCUT2D eigenvalue weighted by molar-refractivity contribution is -0.121. The zero-order valence-electron chi connectivity index (χ0n) is 11.8. The predicted octanol–water partition coefficient (Wildman–Crippen LogP) is 1.86. The Kier molecular flexibility index (Phi) is 4.30. The average molecular weight is 270 g/mol. The van der Waals surface area contributed by atoms with Gasteiger partial charge in [0.15, 0.2) is 5.82 Å². The van der Waals surface area contributed by atoms with Gasteiger partial charge >= 0.3 is 0 Å². The molecule has 0 atom stereocenters. The molecule has 0 fully saturated rings. The number of amides is 1. The lowest BCUT2D eigenvalue weighted by Crippen LogP contribution is -2.28. The van der Waals surface area contributed by atoms with Gasteiger partial charge in [0.2, 0.25) is 5.91 Å². The molecule has 5 heteroatoms. The van der Waals surface area contributed by atoms with Crippen LogP contribution in [0.3, 0.4) is 0 Å². The summed E-state index contributed by atoms with van der Waals surface area (Å²) in [6.07, 6.45) is 1.65. The molecule has 0 saturated heterocycles. The van der Waals surface area contributed by atoms with Crippen molar-refractivity contribution in [3.8, 4) is 11.4 Å². The predicted molar refractivity (Wildman–Crippen MR) is 78.1 cm³/mol. The van der Waals surface area contributed by atoms with Gasteiger partial charge in [0.1, 0.15) is 12.4 Å². The SMILES string of the molecule is C=CCNC(=O)Cn1nc(C)nc1-c1ccccc1C. The van der Waals surface area contributed by atoms with Gasteiger partial charge in [-0.15, -0.1) is 6.58 Å². The summed E-state index contributed by atoms with van der Waals surface area (Å²) in [5.41, 5.74) is 2.09. The molecule has 20 heavy (non-hydrogen) atoms. The van der Waals surface area contributed by atoms with E-state index in [1.54, 1.807) is 10.8 Å². The number of nitrogens with one attached hydrogen (secondary N) is 1. The maximum Gasteiger partial charge on any atom is 0.242 e. The lowest BCUT2D eigenvalue weighted by Gasteiger charge is -2.08. The number of aromatic nitrogens is 3. The van der Waals surface area contributed by atoms with Crippen LogP contribution in [0.15, 0.2) is 36.9 Å². The molecule has 104 valence electrons. The average Bonchev–Trinajstić information content (AvgIpc) is 2.77. The minimum Gasteiger partial charge on any atom is -0.351 e. The largest absolute Gasteiger partial charge is 0.351 e. The zero-order chi connectivity index (χ0) is 14.5. The number of benzene rings is 1. The van der Waals surface area contributed by atoms with Crippen molar-refractivity contribution in [2.45, 2.75) is 20.4 Å². The van der Waals surface area contributed by atoms with Gasteiger partial charge in [-0.05, 0) is 19.4 Å². The number of hydrogen-bond acceptors (Lipinski definition) is 3. The third kappa shape index (κ3) is 3.12. The van der Waals surface area contributed by atoms with Gasteiger partial charge in [-0.25, -0.2) is 9.67 Å². The van der Waals surface area contributed by atoms with Crippen molar-refractivity contribution in [1.82, 2.24) is 20.1 Å². The van der Waals surface area contributed by atoms with E-state index in [4.69, 9.17) is 0 Å². The third-order valence-electron chi connectivity index (χ3n) is 2.90. The molecule has 2 aromatic rings. The van der Waals surface area contributed by atoms with Crippen molar-refractivity contribution in [3.63, 3.8) is 0 Å². The van der Waals surface area contributed by atoms with Gasteiger partial charge in [0, 0.05) is 12.1 Å². The van der Waals surface area contributed by atoms with E-state index in [-0.39, 0.29) is 12.5 Å². The van der Waals surface area contributed by atoms with Crippen molar-refractivity contribution in [3.05, 3.63) is 48.3 Å². The van der Waals surface area contributed by atoms with Crippen molar-refractivity contribution in [1.29, 1.82) is 0 Å². The van der Waals surface area contributed by atoms with Crippen molar-refractivity contribution in [2.24, 2.45) is 0 Å². The van der Waals surface area contributed by atoms with Crippen LogP contribution in [0, 0.1) is 13.8 Å². The molecule has 5 nitrogen and oxygen atoms in total. The van der Waals surface area contributed by atoms with E-state index in [2.05, 4.69) is 22.0 Å². The maximum atomic E-state index is 11.8. The maximum absolute atomic E-state index is 11.8. The van der Waals surface area contributed by atoms with Crippen LogP contribution >= 0.6 is 0 Å². The van der Waals surface area contributed by atoms with Gasteiger partial charge in [-0.1, -0.05) is 30.3 Å². The van der Waals surface area contributed by atoms with E-state index in [0.29, 0.717) is 18.2 Å². The Balaban J connectivity index is 2.29. The number of carbonyl (C=O) groups excluding carboxylic acids is 1. The van der Waals surface area contributed by atoms with Gasteiger partial charge in [-0.2, -0.15) is 5.10 Å². The van der Waals surface area contributed by atoms with Crippen molar-refractivity contribution in [2.75, 3.05) is 6.54 Å². The smallest absolute Gasteiger partial charge is 0.242 e. The van der Waals surface area contributed by atoms with Crippen LogP contribution in [0.25, 0.3) is 11.4 Å². The molecule has 0 aliphatic heterocycles. The second-order valence-corrected chi connectivity index (χ2v) is 4.55. The van der Waals surface area contributed by atoms with E-state index >= 15 is 0 Å². The first-order valence-electron chi connectivity index (χ1n) is 6.47. The highest BCUT2D eigenvalue weighted by Gasteiger charge is 2.14. The van der Waals surface area contributed by atoms with Gasteiger partial charge in [-0.3, -0.25) is 4.79 Å². The summed E-state index contributed by atoms with van der Waals surface area (Å²) >= 11 is 0. The molecule has 0 aliphatic rings. The standard InChI is InChI=1S/C15H18N4O/c1-4-9-16-14(20)10-19-15(17-12(3)18-19)13-8-6-5-7-11(13)2/h4-8H,1,9-10H2,2-3H3,(H,16,20). The fourth-order valence-electron chi connectivity index (χ4n) is 1.97. The molecule has 1 N–H and O–H groups in total. The topological polar surface area (TPSA) is 59.8 Å². The fraction of sp³-hybridized carbons (Fsp3) is 0.267. The molecule has 1 aromatic carbocycles. The normalized spacial score (nSPS) is 10.3. The number of carbonyl (C=O) groups is 1. The Morgan fingerprint density at radius 2 is 2.15 bits per heavy atom. The van der Waals surface area contributed by atoms with Crippen molar-refractivity contribution < 1.29 is 4.79 Å². The van der Waals surface area contributed by atoms with E-state index < -0.39 is 0 Å². The summed E-state index contributed by atoms with van der Waals surface area (Å²) in [5, 5.41) is 7.03. The molecule has 1 amide bonds. The van der Waals surface area contributed by atoms with Crippen LogP contribution in [0.2, 0.25) is 0 Å². The highest BCUT2D eigenvalue weighted by molar-refractivity contribution is 5.76. The summed E-state index contributed by atoms with van der Waals surface area (Å²) in [4.78, 5) is 16.2. The molecule has 0 unspecified atom stereocenters. The van der Waals surface area contributed by atoms with E-state index in [9.17, 15) is 4.79 Å². The Labute approximate surface area is 118 Å². The molecule has 2 rings (SSSR count).